The van der Waals surface area contributed by atoms with Gasteiger partial charge in [-0.05, 0) is 74.3 Å². The van der Waals surface area contributed by atoms with Gasteiger partial charge in [0.15, 0.2) is 18.0 Å². The second-order valence-corrected chi connectivity index (χ2v) is 8.65. The highest BCUT2D eigenvalue weighted by atomic mass is 16.5. The number of para-hydroxylation sites is 1. The zero-order valence-electron chi connectivity index (χ0n) is 20.7. The normalized spacial score (nSPS) is 13.4. The monoisotopic (exact) mass is 491 g/mol. The first kappa shape index (κ1) is 26.9. The first-order valence-corrected chi connectivity index (χ1v) is 12.0. The second-order valence-electron chi connectivity index (χ2n) is 8.65. The summed E-state index contributed by atoms with van der Waals surface area (Å²) in [4.78, 5) is 23.1. The maximum Gasteiger partial charge on any atom is 0.333 e. The lowest BCUT2D eigenvalue weighted by Crippen LogP contribution is -2.45. The SMILES string of the molecule is CCO[C@@H](Cc1ccc(O[C@@](C)(C=O)CNCCc2ccc(Oc3ccccc3)cc2)cc1)C(=O)O. The largest absolute Gasteiger partial charge is 0.479 e. The van der Waals surface area contributed by atoms with Crippen LogP contribution in [0.1, 0.15) is 25.0 Å². The van der Waals surface area contributed by atoms with Crippen molar-refractivity contribution in [2.24, 2.45) is 0 Å². The maximum absolute atomic E-state index is 11.8. The number of carbonyl (C=O) groups excluding carboxylic acids is 1. The molecule has 2 atom stereocenters. The summed E-state index contributed by atoms with van der Waals surface area (Å²) >= 11 is 0. The van der Waals surface area contributed by atoms with Crippen LogP contribution in [0.5, 0.6) is 17.2 Å². The molecule has 7 heteroatoms. The number of carboxylic acid groups (broad SMARTS) is 1. The number of ether oxygens (including phenoxy) is 3. The van der Waals surface area contributed by atoms with E-state index in [0.29, 0.717) is 25.4 Å². The number of aliphatic carboxylic acids is 1. The van der Waals surface area contributed by atoms with Crippen LogP contribution in [0.4, 0.5) is 0 Å². The summed E-state index contributed by atoms with van der Waals surface area (Å²) in [6.45, 7) is 4.85. The molecule has 0 amide bonds. The highest BCUT2D eigenvalue weighted by molar-refractivity contribution is 5.72. The van der Waals surface area contributed by atoms with Crippen molar-refractivity contribution in [1.29, 1.82) is 0 Å². The summed E-state index contributed by atoms with van der Waals surface area (Å²) in [7, 11) is 0. The Balaban J connectivity index is 1.45. The Morgan fingerprint density at radius 1 is 0.944 bits per heavy atom. The zero-order valence-corrected chi connectivity index (χ0v) is 20.7. The Kier molecular flexibility index (Phi) is 10.0. The van der Waals surface area contributed by atoms with Gasteiger partial charge in [0, 0.05) is 19.6 Å². The van der Waals surface area contributed by atoms with Crippen LogP contribution in [0.2, 0.25) is 0 Å². The van der Waals surface area contributed by atoms with E-state index in [-0.39, 0.29) is 6.42 Å². The first-order valence-electron chi connectivity index (χ1n) is 12.0. The van der Waals surface area contributed by atoms with Crippen molar-refractivity contribution in [3.63, 3.8) is 0 Å². The molecular weight excluding hydrogens is 458 g/mol. The van der Waals surface area contributed by atoms with Crippen molar-refractivity contribution in [2.45, 2.75) is 38.4 Å². The molecule has 3 aromatic rings. The predicted octanol–water partition coefficient (Wildman–Crippen LogP) is 4.68. The van der Waals surface area contributed by atoms with E-state index in [9.17, 15) is 14.7 Å². The number of benzene rings is 3. The van der Waals surface area contributed by atoms with Crippen molar-refractivity contribution in [3.05, 3.63) is 90.0 Å². The van der Waals surface area contributed by atoms with Gasteiger partial charge in [-0.25, -0.2) is 4.79 Å². The molecule has 0 unspecified atom stereocenters. The minimum absolute atomic E-state index is 0.259. The molecule has 36 heavy (non-hydrogen) atoms. The molecule has 0 spiro atoms. The smallest absolute Gasteiger partial charge is 0.333 e. The fourth-order valence-corrected chi connectivity index (χ4v) is 3.62. The number of nitrogens with one attached hydrogen (secondary N) is 1. The molecule has 3 aromatic carbocycles. The maximum atomic E-state index is 11.8. The number of carboxylic acids is 1. The lowest BCUT2D eigenvalue weighted by molar-refractivity contribution is -0.149. The van der Waals surface area contributed by atoms with Gasteiger partial charge >= 0.3 is 5.97 Å². The lowest BCUT2D eigenvalue weighted by atomic mass is 10.1. The molecule has 7 nitrogen and oxygen atoms in total. The van der Waals surface area contributed by atoms with Gasteiger partial charge in [0.1, 0.15) is 17.2 Å². The van der Waals surface area contributed by atoms with Gasteiger partial charge in [-0.1, -0.05) is 42.5 Å². The van der Waals surface area contributed by atoms with Crippen LogP contribution < -0.4 is 14.8 Å². The number of hydrogen-bond donors (Lipinski definition) is 2. The Morgan fingerprint density at radius 3 is 2.17 bits per heavy atom. The van der Waals surface area contributed by atoms with E-state index in [4.69, 9.17) is 14.2 Å². The molecule has 0 fully saturated rings. The topological polar surface area (TPSA) is 94.1 Å². The molecule has 3 rings (SSSR count). The Morgan fingerprint density at radius 2 is 1.56 bits per heavy atom. The summed E-state index contributed by atoms with van der Waals surface area (Å²) in [6, 6.07) is 24.6. The van der Waals surface area contributed by atoms with Gasteiger partial charge in [0.05, 0.1) is 0 Å². The molecule has 190 valence electrons. The molecule has 0 aliphatic rings. The van der Waals surface area contributed by atoms with E-state index in [1.165, 1.54) is 0 Å². The van der Waals surface area contributed by atoms with Crippen LogP contribution in [-0.4, -0.2) is 48.8 Å². The third-order valence-electron chi connectivity index (χ3n) is 5.56. The fourth-order valence-electron chi connectivity index (χ4n) is 3.62. The lowest BCUT2D eigenvalue weighted by Gasteiger charge is -2.25. The van der Waals surface area contributed by atoms with Gasteiger partial charge < -0.3 is 24.6 Å². The van der Waals surface area contributed by atoms with Crippen molar-refractivity contribution in [2.75, 3.05) is 19.7 Å². The molecule has 0 radical (unpaired) electrons. The van der Waals surface area contributed by atoms with Crippen LogP contribution in [0.25, 0.3) is 0 Å². The molecule has 0 aliphatic heterocycles. The second kappa shape index (κ2) is 13.4. The van der Waals surface area contributed by atoms with E-state index < -0.39 is 17.7 Å². The summed E-state index contributed by atoms with van der Waals surface area (Å²) in [5.41, 5.74) is 0.928. The van der Waals surface area contributed by atoms with Crippen LogP contribution in [-0.2, 0) is 27.2 Å². The zero-order chi connectivity index (χ0) is 25.8. The van der Waals surface area contributed by atoms with E-state index >= 15 is 0 Å². The van der Waals surface area contributed by atoms with Gasteiger partial charge in [0.25, 0.3) is 0 Å². The molecule has 0 heterocycles. The van der Waals surface area contributed by atoms with E-state index in [0.717, 1.165) is 35.3 Å². The summed E-state index contributed by atoms with van der Waals surface area (Å²) in [6.07, 6.45) is 0.952. The summed E-state index contributed by atoms with van der Waals surface area (Å²) < 4.78 is 17.0. The minimum atomic E-state index is -1.04. The molecular formula is C29H33NO6. The highest BCUT2D eigenvalue weighted by Crippen LogP contribution is 2.22. The van der Waals surface area contributed by atoms with Gasteiger partial charge in [-0.2, -0.15) is 0 Å². The molecule has 0 aromatic heterocycles. The van der Waals surface area contributed by atoms with Crippen LogP contribution >= 0.6 is 0 Å². The van der Waals surface area contributed by atoms with Crippen molar-refractivity contribution in [3.8, 4) is 17.2 Å². The molecule has 0 saturated heterocycles. The van der Waals surface area contributed by atoms with Gasteiger partial charge in [-0.3, -0.25) is 4.79 Å². The number of aldehydes is 1. The average molecular weight is 492 g/mol. The number of rotatable bonds is 15. The predicted molar refractivity (Wildman–Crippen MR) is 138 cm³/mol. The van der Waals surface area contributed by atoms with Crippen LogP contribution in [0, 0.1) is 0 Å². The average Bonchev–Trinajstić information content (AvgIpc) is 2.89. The first-order chi connectivity index (χ1) is 17.4. The van der Waals surface area contributed by atoms with Crippen molar-refractivity contribution >= 4 is 12.3 Å². The molecule has 0 aliphatic carbocycles. The highest BCUT2D eigenvalue weighted by Gasteiger charge is 2.25. The third kappa shape index (κ3) is 8.52. The molecule has 0 saturated carbocycles. The summed E-state index contributed by atoms with van der Waals surface area (Å²) in [5.74, 6) is 1.12. The van der Waals surface area contributed by atoms with Crippen molar-refractivity contribution in [1.82, 2.24) is 5.32 Å². The van der Waals surface area contributed by atoms with E-state index in [1.54, 1.807) is 38.1 Å². The summed E-state index contributed by atoms with van der Waals surface area (Å²) in [5, 5.41) is 12.5. The van der Waals surface area contributed by atoms with Gasteiger partial charge in [0.2, 0.25) is 0 Å². The Hall–Kier alpha value is -3.68. The van der Waals surface area contributed by atoms with Crippen LogP contribution in [0.3, 0.4) is 0 Å². The Bertz CT molecular complexity index is 1090. The third-order valence-corrected chi connectivity index (χ3v) is 5.56. The molecule has 0 bridgehead atoms. The number of hydrogen-bond acceptors (Lipinski definition) is 6. The minimum Gasteiger partial charge on any atom is -0.479 e. The quantitative estimate of drug-likeness (QED) is 0.235. The van der Waals surface area contributed by atoms with Crippen LogP contribution in [0.15, 0.2) is 78.9 Å². The Labute approximate surface area is 212 Å². The van der Waals surface area contributed by atoms with E-state index in [2.05, 4.69) is 5.32 Å². The van der Waals surface area contributed by atoms with E-state index in [1.807, 2.05) is 54.6 Å². The molecule has 2 N–H and O–H groups in total. The van der Waals surface area contributed by atoms with Gasteiger partial charge in [-0.15, -0.1) is 0 Å². The fraction of sp³-hybridized carbons (Fsp3) is 0.310. The standard InChI is InChI=1S/C29H33NO6/c1-3-34-27(28(32)33)19-23-11-15-26(16-12-23)36-29(2,21-31)20-30-18-17-22-9-13-25(14-10-22)35-24-7-5-4-6-8-24/h4-16,21,27,30H,3,17-20H2,1-2H3,(H,32,33)/t27-,29+/m0/s1. The van der Waals surface area contributed by atoms with Crippen molar-refractivity contribution < 1.29 is 28.9 Å². The number of carbonyl (C=O) groups is 2.